The average molecular weight is 251 g/mol. The van der Waals surface area contributed by atoms with Crippen LogP contribution in [0.1, 0.15) is 30.6 Å². The number of rotatable bonds is 4. The van der Waals surface area contributed by atoms with Gasteiger partial charge in [0.25, 0.3) is 5.91 Å². The third kappa shape index (κ3) is 2.53. The summed E-state index contributed by atoms with van der Waals surface area (Å²) in [6.07, 6.45) is 4.06. The molecule has 0 radical (unpaired) electrons. The first-order valence-electron chi connectivity index (χ1n) is 6.29. The fourth-order valence-electron chi connectivity index (χ4n) is 2.30. The van der Waals surface area contributed by atoms with E-state index >= 15 is 0 Å². The van der Waals surface area contributed by atoms with Gasteiger partial charge in [0.15, 0.2) is 0 Å². The van der Waals surface area contributed by atoms with Crippen LogP contribution in [0.4, 0.5) is 0 Å². The Morgan fingerprint density at radius 1 is 1.47 bits per heavy atom. The maximum absolute atomic E-state index is 12.4. The molecule has 1 amide bonds. The summed E-state index contributed by atoms with van der Waals surface area (Å²) in [6.45, 7) is 1.51. The molecular weight excluding hydrogens is 234 g/mol. The molecule has 1 aliphatic carbocycles. The summed E-state index contributed by atoms with van der Waals surface area (Å²) < 4.78 is 5.51. The van der Waals surface area contributed by atoms with Gasteiger partial charge in [0.05, 0.1) is 6.54 Å². The van der Waals surface area contributed by atoms with Crippen molar-refractivity contribution in [1.82, 2.24) is 4.90 Å². The van der Waals surface area contributed by atoms with Crippen molar-refractivity contribution in [2.24, 2.45) is 0 Å². The minimum absolute atomic E-state index is 0.171. The van der Waals surface area contributed by atoms with Crippen molar-refractivity contribution in [3.8, 4) is 0 Å². The number of amides is 1. The van der Waals surface area contributed by atoms with E-state index in [1.807, 2.05) is 11.0 Å². The number of hydrogen-bond acceptors (Lipinski definition) is 3. The summed E-state index contributed by atoms with van der Waals surface area (Å²) >= 11 is 1.72. The fraction of sp³-hybridized carbons (Fsp3) is 0.615. The van der Waals surface area contributed by atoms with Crippen LogP contribution in [0, 0.1) is 0 Å². The summed E-state index contributed by atoms with van der Waals surface area (Å²) in [5.74, 6) is 0.207. The molecule has 1 aromatic heterocycles. The van der Waals surface area contributed by atoms with Crippen LogP contribution in [0.15, 0.2) is 17.5 Å². The number of thiophene rings is 1. The standard InChI is InChI=1S/C13H17NO2S/c15-13(12-4-1-7-16-12)14(10-5-6-10)9-11-3-2-8-17-11/h2-3,8,10,12H,1,4-7,9H2/t12-/m0/s1. The van der Waals surface area contributed by atoms with Crippen molar-refractivity contribution in [1.29, 1.82) is 0 Å². The molecule has 17 heavy (non-hydrogen) atoms. The summed E-state index contributed by atoms with van der Waals surface area (Å²) in [4.78, 5) is 15.7. The third-order valence-corrected chi connectivity index (χ3v) is 4.24. The van der Waals surface area contributed by atoms with Gasteiger partial charge in [0, 0.05) is 17.5 Å². The van der Waals surface area contributed by atoms with Gasteiger partial charge in [-0.05, 0) is 37.1 Å². The van der Waals surface area contributed by atoms with Gasteiger partial charge in [0.2, 0.25) is 0 Å². The summed E-state index contributed by atoms with van der Waals surface area (Å²) in [5, 5.41) is 2.07. The highest BCUT2D eigenvalue weighted by Gasteiger charge is 2.37. The Hall–Kier alpha value is -0.870. The van der Waals surface area contributed by atoms with E-state index in [-0.39, 0.29) is 12.0 Å². The zero-order chi connectivity index (χ0) is 11.7. The third-order valence-electron chi connectivity index (χ3n) is 3.38. The van der Waals surface area contributed by atoms with Gasteiger partial charge in [-0.3, -0.25) is 4.79 Å². The van der Waals surface area contributed by atoms with E-state index < -0.39 is 0 Å². The van der Waals surface area contributed by atoms with E-state index in [0.29, 0.717) is 6.04 Å². The number of carbonyl (C=O) groups is 1. The molecule has 4 heteroatoms. The molecule has 1 saturated carbocycles. The zero-order valence-corrected chi connectivity index (χ0v) is 10.6. The second-order valence-corrected chi connectivity index (χ2v) is 5.81. The Kier molecular flexibility index (Phi) is 3.16. The average Bonchev–Trinajstić information content (AvgIpc) is 2.86. The minimum atomic E-state index is -0.171. The van der Waals surface area contributed by atoms with Gasteiger partial charge in [-0.2, -0.15) is 0 Å². The van der Waals surface area contributed by atoms with Crippen LogP contribution in [0.25, 0.3) is 0 Å². The fourth-order valence-corrected chi connectivity index (χ4v) is 3.00. The lowest BCUT2D eigenvalue weighted by Gasteiger charge is -2.24. The van der Waals surface area contributed by atoms with E-state index in [9.17, 15) is 4.79 Å². The topological polar surface area (TPSA) is 29.5 Å². The molecular formula is C13H17NO2S. The maximum Gasteiger partial charge on any atom is 0.252 e. The molecule has 0 aromatic carbocycles. The Balaban J connectivity index is 1.68. The van der Waals surface area contributed by atoms with Crippen LogP contribution in [-0.4, -0.2) is 29.6 Å². The largest absolute Gasteiger partial charge is 0.368 e. The SMILES string of the molecule is O=C([C@@H]1CCCO1)N(Cc1cccs1)C1CC1. The second kappa shape index (κ2) is 4.78. The highest BCUT2D eigenvalue weighted by molar-refractivity contribution is 7.09. The number of carbonyl (C=O) groups excluding carboxylic acids is 1. The van der Waals surface area contributed by atoms with Gasteiger partial charge in [-0.15, -0.1) is 11.3 Å². The molecule has 0 N–H and O–H groups in total. The zero-order valence-electron chi connectivity index (χ0n) is 9.80. The lowest BCUT2D eigenvalue weighted by Crippen LogP contribution is -2.39. The highest BCUT2D eigenvalue weighted by Crippen LogP contribution is 2.31. The first-order chi connectivity index (χ1) is 8.34. The van der Waals surface area contributed by atoms with Crippen LogP contribution >= 0.6 is 11.3 Å². The molecule has 3 nitrogen and oxygen atoms in total. The lowest BCUT2D eigenvalue weighted by molar-refractivity contribution is -0.142. The monoisotopic (exact) mass is 251 g/mol. The summed E-state index contributed by atoms with van der Waals surface area (Å²) in [7, 11) is 0. The molecule has 0 spiro atoms. The van der Waals surface area contributed by atoms with E-state index in [1.54, 1.807) is 11.3 Å². The number of hydrogen-bond donors (Lipinski definition) is 0. The second-order valence-electron chi connectivity index (χ2n) is 4.78. The van der Waals surface area contributed by atoms with Crippen molar-refractivity contribution in [3.05, 3.63) is 22.4 Å². The summed E-state index contributed by atoms with van der Waals surface area (Å²) in [6, 6.07) is 4.61. The van der Waals surface area contributed by atoms with Crippen LogP contribution in [0.3, 0.4) is 0 Å². The molecule has 2 aliphatic rings. The van der Waals surface area contributed by atoms with Crippen molar-refractivity contribution >= 4 is 17.2 Å². The van der Waals surface area contributed by atoms with Crippen molar-refractivity contribution < 1.29 is 9.53 Å². The first kappa shape index (κ1) is 11.2. The highest BCUT2D eigenvalue weighted by atomic mass is 32.1. The van der Waals surface area contributed by atoms with Gasteiger partial charge < -0.3 is 9.64 Å². The predicted molar refractivity (Wildman–Crippen MR) is 66.9 cm³/mol. The van der Waals surface area contributed by atoms with Gasteiger partial charge in [-0.1, -0.05) is 6.07 Å². The van der Waals surface area contributed by atoms with E-state index in [4.69, 9.17) is 4.74 Å². The molecule has 0 unspecified atom stereocenters. The molecule has 92 valence electrons. The maximum atomic E-state index is 12.4. The lowest BCUT2D eigenvalue weighted by atomic mass is 10.2. The van der Waals surface area contributed by atoms with E-state index in [2.05, 4.69) is 11.4 Å². The number of nitrogens with zero attached hydrogens (tertiary/aromatic N) is 1. The van der Waals surface area contributed by atoms with Crippen LogP contribution in [0.2, 0.25) is 0 Å². The molecule has 1 aromatic rings. The Bertz CT molecular complexity index is 380. The summed E-state index contributed by atoms with van der Waals surface area (Å²) in [5.41, 5.74) is 0. The van der Waals surface area contributed by atoms with Crippen molar-refractivity contribution in [3.63, 3.8) is 0 Å². The van der Waals surface area contributed by atoms with Crippen LogP contribution in [-0.2, 0) is 16.1 Å². The normalized spacial score (nSPS) is 23.9. The van der Waals surface area contributed by atoms with Crippen molar-refractivity contribution in [2.45, 2.75) is 44.4 Å². The number of ether oxygens (including phenoxy) is 1. The smallest absolute Gasteiger partial charge is 0.252 e. The quantitative estimate of drug-likeness (QED) is 0.822. The Morgan fingerprint density at radius 3 is 2.94 bits per heavy atom. The van der Waals surface area contributed by atoms with Gasteiger partial charge in [-0.25, -0.2) is 0 Å². The molecule has 0 bridgehead atoms. The van der Waals surface area contributed by atoms with Crippen molar-refractivity contribution in [2.75, 3.05) is 6.61 Å². The van der Waals surface area contributed by atoms with E-state index in [0.717, 1.165) is 38.8 Å². The molecule has 1 saturated heterocycles. The Morgan fingerprint density at radius 2 is 2.35 bits per heavy atom. The van der Waals surface area contributed by atoms with Crippen LogP contribution < -0.4 is 0 Å². The minimum Gasteiger partial charge on any atom is -0.368 e. The molecule has 3 rings (SSSR count). The molecule has 2 heterocycles. The molecule has 1 aliphatic heterocycles. The predicted octanol–water partition coefficient (Wildman–Crippen LogP) is 2.42. The van der Waals surface area contributed by atoms with Gasteiger partial charge >= 0.3 is 0 Å². The van der Waals surface area contributed by atoms with E-state index in [1.165, 1.54) is 4.88 Å². The molecule has 2 fully saturated rings. The Labute approximate surface area is 105 Å². The van der Waals surface area contributed by atoms with Crippen LogP contribution in [0.5, 0.6) is 0 Å². The van der Waals surface area contributed by atoms with Gasteiger partial charge in [0.1, 0.15) is 6.10 Å². The first-order valence-corrected chi connectivity index (χ1v) is 7.17. The molecule has 1 atom stereocenters.